The molecule has 1 saturated heterocycles. The van der Waals surface area contributed by atoms with E-state index in [-0.39, 0.29) is 12.2 Å². The quantitative estimate of drug-likeness (QED) is 0.598. The summed E-state index contributed by atoms with van der Waals surface area (Å²) in [6.07, 6.45) is -0.0168. The summed E-state index contributed by atoms with van der Waals surface area (Å²) in [6.45, 7) is 5.40. The minimum atomic E-state index is -1.29. The third kappa shape index (κ3) is 2.03. The van der Waals surface area contributed by atoms with E-state index in [1.165, 1.54) is 0 Å². The molecule has 1 aliphatic heterocycles. The van der Waals surface area contributed by atoms with Gasteiger partial charge in [0.15, 0.2) is 8.69 Å². The fraction of sp³-hybridized carbons (Fsp3) is 1.00. The van der Waals surface area contributed by atoms with Crippen molar-refractivity contribution in [3.05, 3.63) is 0 Å². The predicted molar refractivity (Wildman–Crippen MR) is 41.0 cm³/mol. The Kier molecular flexibility index (Phi) is 2.70. The molecule has 0 amide bonds. The van der Waals surface area contributed by atoms with Gasteiger partial charge in [-0.2, -0.15) is 0 Å². The number of hydrogen-bond acceptors (Lipinski definition) is 4. The van der Waals surface area contributed by atoms with Crippen LogP contribution in [0, 0.1) is 0 Å². The largest absolute Gasteiger partial charge is 0.322 e. The van der Waals surface area contributed by atoms with Crippen LogP contribution in [0.5, 0.6) is 0 Å². The maximum atomic E-state index is 10.2. The molecule has 1 fully saturated rings. The van der Waals surface area contributed by atoms with Crippen LogP contribution in [0.2, 0.25) is 0 Å². The average Bonchev–Trinajstić information content (AvgIpc) is 2.08. The summed E-state index contributed by atoms with van der Waals surface area (Å²) in [5, 5.41) is 0. The highest BCUT2D eigenvalue weighted by molar-refractivity contribution is 7.17. The average molecular weight is 180 g/mol. The molecule has 3 atom stereocenters. The molecule has 5 heteroatoms. The van der Waals surface area contributed by atoms with E-state index in [0.29, 0.717) is 0 Å². The van der Waals surface area contributed by atoms with Crippen molar-refractivity contribution in [1.82, 2.24) is 0 Å². The van der Waals surface area contributed by atoms with Gasteiger partial charge in [-0.25, -0.2) is 0 Å². The van der Waals surface area contributed by atoms with E-state index in [0.717, 1.165) is 0 Å². The van der Waals surface area contributed by atoms with Gasteiger partial charge in [0.25, 0.3) is 5.97 Å². The van der Waals surface area contributed by atoms with Gasteiger partial charge in [-0.1, -0.05) is 0 Å². The predicted octanol–water partition coefficient (Wildman–Crippen LogP) is 1.17. The minimum absolute atomic E-state index is 0.00838. The van der Waals surface area contributed by atoms with Gasteiger partial charge in [-0.15, -0.1) is 0 Å². The first-order chi connectivity index (χ1) is 5.07. The molecule has 0 saturated carbocycles. The smallest absolute Gasteiger partial charge is 0.285 e. The van der Waals surface area contributed by atoms with Crippen LogP contribution < -0.4 is 0 Å². The van der Waals surface area contributed by atoms with E-state index in [9.17, 15) is 4.57 Å². The molecule has 1 rings (SSSR count). The number of hydrogen-bond donors (Lipinski definition) is 0. The fourth-order valence-electron chi connectivity index (χ4n) is 1.04. The third-order valence-corrected chi connectivity index (χ3v) is 2.25. The Labute approximate surface area is 67.1 Å². The van der Waals surface area contributed by atoms with E-state index in [4.69, 9.17) is 14.0 Å². The lowest BCUT2D eigenvalue weighted by Gasteiger charge is -2.19. The molecule has 1 heterocycles. The molecule has 0 aliphatic carbocycles. The molecule has 11 heavy (non-hydrogen) atoms. The van der Waals surface area contributed by atoms with Crippen molar-refractivity contribution in [1.29, 1.82) is 0 Å². The number of rotatable bonds is 2. The standard InChI is InChI=1S/C6H13O4P/c1-4-5(2)9-6(3,8-4)10-11-7/h4-5H,11H2,1-3H3. The number of ether oxygens (including phenoxy) is 2. The van der Waals surface area contributed by atoms with Crippen LogP contribution in [0.1, 0.15) is 20.8 Å². The molecule has 0 aromatic heterocycles. The molecule has 0 aromatic rings. The Morgan fingerprint density at radius 2 is 1.82 bits per heavy atom. The highest BCUT2D eigenvalue weighted by Gasteiger charge is 2.41. The SMILES string of the molecule is CC1OC(C)(O[PH2]=O)OC1C. The normalized spacial score (nSPS) is 45.7. The maximum absolute atomic E-state index is 10.2. The Hall–Kier alpha value is 0.110. The third-order valence-electron chi connectivity index (χ3n) is 1.72. The summed E-state index contributed by atoms with van der Waals surface area (Å²) in [5.74, 6) is -1.09. The second-order valence-corrected chi connectivity index (χ2v) is 3.15. The second-order valence-electron chi connectivity index (χ2n) is 2.72. The van der Waals surface area contributed by atoms with Crippen LogP contribution in [0.4, 0.5) is 0 Å². The van der Waals surface area contributed by atoms with Crippen LogP contribution in [0.3, 0.4) is 0 Å². The molecular weight excluding hydrogens is 167 g/mol. The fourth-order valence-corrected chi connectivity index (χ4v) is 1.32. The first-order valence-electron chi connectivity index (χ1n) is 3.54. The minimum Gasteiger partial charge on any atom is -0.322 e. The molecule has 0 aromatic carbocycles. The van der Waals surface area contributed by atoms with Crippen molar-refractivity contribution < 1.29 is 18.6 Å². The van der Waals surface area contributed by atoms with Crippen LogP contribution in [-0.4, -0.2) is 18.2 Å². The Morgan fingerprint density at radius 3 is 2.18 bits per heavy atom. The van der Waals surface area contributed by atoms with Crippen molar-refractivity contribution in [3.63, 3.8) is 0 Å². The van der Waals surface area contributed by atoms with Crippen molar-refractivity contribution in [2.75, 3.05) is 0 Å². The van der Waals surface area contributed by atoms with E-state index < -0.39 is 14.7 Å². The molecule has 66 valence electrons. The van der Waals surface area contributed by atoms with Gasteiger partial charge in [-0.05, 0) is 13.8 Å². The first-order valence-corrected chi connectivity index (χ1v) is 4.49. The van der Waals surface area contributed by atoms with Gasteiger partial charge in [0, 0.05) is 6.92 Å². The summed E-state index contributed by atoms with van der Waals surface area (Å²) >= 11 is 0. The summed E-state index contributed by atoms with van der Waals surface area (Å²) in [7, 11) is -1.29. The Balaban J connectivity index is 2.55. The molecule has 1 aliphatic rings. The van der Waals surface area contributed by atoms with Gasteiger partial charge in [0.1, 0.15) is 0 Å². The molecule has 0 spiro atoms. The Morgan fingerprint density at radius 1 is 1.36 bits per heavy atom. The molecule has 0 bridgehead atoms. The lowest BCUT2D eigenvalue weighted by molar-refractivity contribution is -0.279. The van der Waals surface area contributed by atoms with E-state index >= 15 is 0 Å². The van der Waals surface area contributed by atoms with Crippen molar-refractivity contribution >= 4 is 8.69 Å². The van der Waals surface area contributed by atoms with Crippen LogP contribution in [0.15, 0.2) is 0 Å². The topological polar surface area (TPSA) is 44.8 Å². The summed E-state index contributed by atoms with van der Waals surface area (Å²) < 4.78 is 25.6. The molecule has 3 unspecified atom stereocenters. The highest BCUT2D eigenvalue weighted by Crippen LogP contribution is 2.31. The van der Waals surface area contributed by atoms with E-state index in [1.54, 1.807) is 6.92 Å². The van der Waals surface area contributed by atoms with Crippen molar-refractivity contribution in [3.8, 4) is 0 Å². The zero-order chi connectivity index (χ0) is 8.48. The summed E-state index contributed by atoms with van der Waals surface area (Å²) in [6, 6.07) is 0. The van der Waals surface area contributed by atoms with Crippen molar-refractivity contribution in [2.45, 2.75) is 39.0 Å². The zero-order valence-corrected chi connectivity index (χ0v) is 8.02. The van der Waals surface area contributed by atoms with Crippen LogP contribution >= 0.6 is 8.69 Å². The van der Waals surface area contributed by atoms with Crippen LogP contribution in [0.25, 0.3) is 0 Å². The maximum Gasteiger partial charge on any atom is 0.285 e. The van der Waals surface area contributed by atoms with Crippen LogP contribution in [-0.2, 0) is 18.6 Å². The van der Waals surface area contributed by atoms with Gasteiger partial charge in [0.2, 0.25) is 0 Å². The summed E-state index contributed by atoms with van der Waals surface area (Å²) in [5.41, 5.74) is 0. The molecule has 0 radical (unpaired) electrons. The van der Waals surface area contributed by atoms with Gasteiger partial charge in [-0.3, -0.25) is 9.09 Å². The van der Waals surface area contributed by atoms with Gasteiger partial charge < -0.3 is 9.47 Å². The highest BCUT2D eigenvalue weighted by atomic mass is 31.1. The van der Waals surface area contributed by atoms with Gasteiger partial charge >= 0.3 is 0 Å². The lowest BCUT2D eigenvalue weighted by Crippen LogP contribution is -2.26. The lowest BCUT2D eigenvalue weighted by atomic mass is 10.3. The zero-order valence-electron chi connectivity index (χ0n) is 6.87. The molecule has 0 N–H and O–H groups in total. The first kappa shape index (κ1) is 9.20. The Bertz CT molecular complexity index is 151. The monoisotopic (exact) mass is 180 g/mol. The van der Waals surface area contributed by atoms with E-state index in [1.807, 2.05) is 13.8 Å². The summed E-state index contributed by atoms with van der Waals surface area (Å²) in [4.78, 5) is 0. The molecular formula is C6H13O4P. The van der Waals surface area contributed by atoms with Gasteiger partial charge in [0.05, 0.1) is 12.2 Å². The molecule has 4 nitrogen and oxygen atoms in total. The van der Waals surface area contributed by atoms with E-state index in [2.05, 4.69) is 0 Å². The second kappa shape index (κ2) is 3.23. The van der Waals surface area contributed by atoms with Crippen molar-refractivity contribution in [2.24, 2.45) is 0 Å².